The van der Waals surface area contributed by atoms with E-state index in [1.165, 1.54) is 4.90 Å². The number of hydrogen-bond acceptors (Lipinski definition) is 6. The Balaban J connectivity index is -0.000000249. The fourth-order valence-corrected chi connectivity index (χ4v) is 0.718. The molecule has 0 aromatic rings. The first-order chi connectivity index (χ1) is 6.45. The Morgan fingerprint density at radius 2 is 1.40 bits per heavy atom. The average molecular weight is 279 g/mol. The van der Waals surface area contributed by atoms with Gasteiger partial charge in [0.1, 0.15) is 5.24 Å². The van der Waals surface area contributed by atoms with E-state index in [0.717, 1.165) is 0 Å². The molecular weight excluding hydrogens is 267 g/mol. The Morgan fingerprint density at radius 1 is 1.13 bits per heavy atom. The molecule has 15 heavy (non-hydrogen) atoms. The molecule has 4 N–H and O–H groups in total. The number of amides is 2. The van der Waals surface area contributed by atoms with Crippen molar-refractivity contribution >= 4 is 35.7 Å². The van der Waals surface area contributed by atoms with Gasteiger partial charge >= 0.3 is 51.4 Å². The van der Waals surface area contributed by atoms with Gasteiger partial charge in [0, 0.05) is 13.1 Å². The van der Waals surface area contributed by atoms with Crippen LogP contribution >= 0.6 is 0 Å². The molecule has 0 unspecified atom stereocenters. The van der Waals surface area contributed by atoms with Crippen LogP contribution in [0.5, 0.6) is 0 Å². The molecule has 0 fully saturated rings. The molecule has 0 aliphatic rings. The first-order valence-electron chi connectivity index (χ1n) is 3.59. The quantitative estimate of drug-likeness (QED) is 0.354. The molecule has 0 aliphatic heterocycles. The van der Waals surface area contributed by atoms with Gasteiger partial charge in [-0.15, -0.1) is 0 Å². The Kier molecular flexibility index (Phi) is 21.2. The van der Waals surface area contributed by atoms with E-state index in [0.29, 0.717) is 0 Å². The molecule has 0 radical (unpaired) electrons. The summed E-state index contributed by atoms with van der Waals surface area (Å²) in [6.07, 6.45) is 0. The largest absolute Gasteiger partial charge is 1.00 e. The number of primary amides is 1. The van der Waals surface area contributed by atoms with Gasteiger partial charge in [-0.1, -0.05) is 0 Å². The van der Waals surface area contributed by atoms with E-state index in [1.54, 1.807) is 0 Å². The zero-order chi connectivity index (χ0) is 11.6. The molecule has 0 saturated carbocycles. The summed E-state index contributed by atoms with van der Waals surface area (Å²) in [5, 5.41) is 15.5. The van der Waals surface area contributed by atoms with Crippen molar-refractivity contribution < 1.29 is 71.2 Å². The molecule has 6 nitrogen and oxygen atoms in total. The first kappa shape index (κ1) is 21.2. The fraction of sp³-hybridized carbons (Fsp3) is 0.667. The van der Waals surface area contributed by atoms with Gasteiger partial charge < -0.3 is 55.7 Å². The van der Waals surface area contributed by atoms with E-state index in [2.05, 4.69) is 31.0 Å². The molecule has 0 aromatic carbocycles. The average Bonchev–Trinajstić information content (AvgIpc) is 2.02. The van der Waals surface area contributed by atoms with Gasteiger partial charge in [-0.3, -0.25) is 0 Å². The third kappa shape index (κ3) is 20.9. The van der Waals surface area contributed by atoms with Gasteiger partial charge in [-0.2, -0.15) is 0 Å². The van der Waals surface area contributed by atoms with Crippen molar-refractivity contribution in [3.63, 3.8) is 0 Å². The van der Waals surface area contributed by atoms with Crippen molar-refractivity contribution in [2.75, 3.05) is 26.3 Å². The summed E-state index contributed by atoms with van der Waals surface area (Å²) >= 11 is 8.06. The molecule has 84 valence electrons. The van der Waals surface area contributed by atoms with Crippen LogP contribution in [0.25, 0.3) is 0 Å². The number of aliphatic hydroxyl groups excluding tert-OH is 2. The predicted molar refractivity (Wildman–Crippen MR) is 55.5 cm³/mol. The zero-order valence-corrected chi connectivity index (χ0v) is 13.1. The third-order valence-corrected chi connectivity index (χ3v) is 1.26. The minimum Gasteiger partial charge on any atom is -0.719 e. The maximum absolute atomic E-state index is 10.4. The first-order valence-corrected chi connectivity index (χ1v) is 4.41. The molecule has 0 rings (SSSR count). The number of nitrogens with two attached hydrogens (primary N) is 1. The van der Waals surface area contributed by atoms with Gasteiger partial charge in [-0.25, -0.2) is 0 Å². The number of carbonyl (C=O) groups is 2. The smallest absolute Gasteiger partial charge is 0.719 e. The summed E-state index contributed by atoms with van der Waals surface area (Å²) in [5.41, 5.74) is 4.29. The van der Waals surface area contributed by atoms with Crippen LogP contribution in [0.2, 0.25) is 0 Å². The van der Waals surface area contributed by atoms with Crippen LogP contribution in [-0.2, 0) is 25.3 Å². The van der Waals surface area contributed by atoms with Crippen LogP contribution in [-0.4, -0.2) is 51.9 Å². The summed E-state index contributed by atoms with van der Waals surface area (Å²) in [6, 6.07) is 0. The van der Waals surface area contributed by atoms with Gasteiger partial charge in [-0.05, 0) is 0 Å². The summed E-state index contributed by atoms with van der Waals surface area (Å²) in [7, 11) is 0. The number of nitrogens with zero attached hydrogens (tertiary/aromatic N) is 1. The molecule has 0 heterocycles. The summed E-state index contributed by atoms with van der Waals surface area (Å²) < 4.78 is 0. The predicted octanol–water partition coefficient (Wildman–Crippen LogP) is -4.44. The second-order valence-corrected chi connectivity index (χ2v) is 2.77. The third-order valence-electron chi connectivity index (χ3n) is 0.998. The molecular formula is C6H12KN2O4S2-. The maximum atomic E-state index is 10.4. The number of hydrogen-bond donors (Lipinski definition) is 3. The van der Waals surface area contributed by atoms with Gasteiger partial charge in [0.2, 0.25) is 0 Å². The van der Waals surface area contributed by atoms with Crippen molar-refractivity contribution in [2.45, 2.75) is 0 Å². The molecule has 0 spiro atoms. The van der Waals surface area contributed by atoms with Gasteiger partial charge in [0.05, 0.1) is 18.5 Å². The van der Waals surface area contributed by atoms with E-state index >= 15 is 0 Å². The van der Waals surface area contributed by atoms with Crippen molar-refractivity contribution in [3.8, 4) is 0 Å². The summed E-state index contributed by atoms with van der Waals surface area (Å²) in [4.78, 5) is 20.7. The molecule has 0 aliphatic carbocycles. The Hall–Kier alpha value is 0.936. The van der Waals surface area contributed by atoms with E-state index < -0.39 is 10.5 Å². The van der Waals surface area contributed by atoms with Crippen LogP contribution in [0.3, 0.4) is 0 Å². The van der Waals surface area contributed by atoms with Crippen LogP contribution in [0.4, 0.5) is 9.59 Å². The van der Waals surface area contributed by atoms with E-state index in [9.17, 15) is 4.79 Å². The van der Waals surface area contributed by atoms with Crippen molar-refractivity contribution in [1.82, 2.24) is 4.90 Å². The molecule has 0 bridgehead atoms. The van der Waals surface area contributed by atoms with Crippen LogP contribution in [0.1, 0.15) is 0 Å². The number of rotatable bonds is 4. The second-order valence-electron chi connectivity index (χ2n) is 2.02. The number of carbonyl (C=O) groups excluding carboxylic acids is 2. The topological polar surface area (TPSA) is 104 Å². The minimum atomic E-state index is -0.750. The zero-order valence-electron chi connectivity index (χ0n) is 8.38. The monoisotopic (exact) mass is 279 g/mol. The molecule has 2 amide bonds. The molecule has 0 saturated heterocycles. The fourth-order valence-electron chi connectivity index (χ4n) is 0.536. The minimum absolute atomic E-state index is 0. The van der Waals surface area contributed by atoms with E-state index in [1.807, 2.05) is 0 Å². The SMILES string of the molecule is NC(=O)[S-].O=C([S-])N(CCO)CCO.[K+]. The standard InChI is InChI=1S/C5H11NO3S.CH3NOS.K/c7-3-1-6(2-4-8)5(9)10;2-1(3)4;/h7-8H,1-4H2,(H,9,10);(H3,2,3,4);/q;;+1/p-2. The second kappa shape index (κ2) is 14.9. The van der Waals surface area contributed by atoms with Crippen LogP contribution in [0.15, 0.2) is 0 Å². The van der Waals surface area contributed by atoms with Crippen LogP contribution < -0.4 is 57.1 Å². The molecule has 0 atom stereocenters. The Bertz CT molecular complexity index is 175. The van der Waals surface area contributed by atoms with Crippen molar-refractivity contribution in [1.29, 1.82) is 0 Å². The summed E-state index contributed by atoms with van der Waals surface area (Å²) in [6.45, 7) is 0.149. The van der Waals surface area contributed by atoms with E-state index in [4.69, 9.17) is 15.0 Å². The Labute approximate surface area is 142 Å². The number of aliphatic hydroxyl groups is 2. The summed E-state index contributed by atoms with van der Waals surface area (Å²) in [5.74, 6) is 0. The normalized spacial score (nSPS) is 7.87. The van der Waals surface area contributed by atoms with Crippen molar-refractivity contribution in [3.05, 3.63) is 0 Å². The Morgan fingerprint density at radius 3 is 1.53 bits per heavy atom. The van der Waals surface area contributed by atoms with E-state index in [-0.39, 0.29) is 77.7 Å². The van der Waals surface area contributed by atoms with Crippen LogP contribution in [0, 0.1) is 0 Å². The van der Waals surface area contributed by atoms with Gasteiger partial charge in [0.25, 0.3) is 0 Å². The maximum Gasteiger partial charge on any atom is 1.00 e. The van der Waals surface area contributed by atoms with Crippen molar-refractivity contribution in [2.24, 2.45) is 5.73 Å². The van der Waals surface area contributed by atoms with Gasteiger partial charge in [0.15, 0.2) is 0 Å². The molecule has 0 aromatic heterocycles. The molecule has 9 heteroatoms.